The fourth-order valence-corrected chi connectivity index (χ4v) is 2.38. The van der Waals surface area contributed by atoms with Crippen molar-refractivity contribution in [2.75, 3.05) is 25.5 Å². The van der Waals surface area contributed by atoms with Crippen LogP contribution in [0.15, 0.2) is 48.7 Å². The summed E-state index contributed by atoms with van der Waals surface area (Å²) >= 11 is 0. The summed E-state index contributed by atoms with van der Waals surface area (Å²) < 4.78 is 0. The third-order valence-electron chi connectivity index (χ3n) is 3.49. The minimum Gasteiger partial charge on any atom is -0.362 e. The van der Waals surface area contributed by atoms with Gasteiger partial charge in [-0.3, -0.25) is 4.79 Å². The van der Waals surface area contributed by atoms with Gasteiger partial charge in [-0.05, 0) is 30.0 Å². The molecule has 1 N–H and O–H groups in total. The first-order valence-electron chi connectivity index (χ1n) is 7.52. The van der Waals surface area contributed by atoms with E-state index in [-0.39, 0.29) is 5.91 Å². The summed E-state index contributed by atoms with van der Waals surface area (Å²) in [7, 11) is 3.77. The summed E-state index contributed by atoms with van der Waals surface area (Å²) in [5.74, 6) is 0.998. The van der Waals surface area contributed by atoms with Crippen molar-refractivity contribution in [2.45, 2.75) is 13.3 Å². The van der Waals surface area contributed by atoms with E-state index in [1.54, 1.807) is 18.3 Å². The number of carbonyl (C=O) groups is 1. The van der Waals surface area contributed by atoms with E-state index in [2.05, 4.69) is 29.4 Å². The Morgan fingerprint density at radius 1 is 1.18 bits per heavy atom. The second-order valence-electron chi connectivity index (χ2n) is 5.77. The van der Waals surface area contributed by atoms with Gasteiger partial charge in [0, 0.05) is 26.8 Å². The molecule has 2 rings (SSSR count). The molecule has 116 valence electrons. The summed E-state index contributed by atoms with van der Waals surface area (Å²) in [6, 6.07) is 13.9. The van der Waals surface area contributed by atoms with Gasteiger partial charge in [0.1, 0.15) is 5.82 Å². The van der Waals surface area contributed by atoms with E-state index < -0.39 is 0 Å². The zero-order valence-electron chi connectivity index (χ0n) is 13.4. The Hall–Kier alpha value is -2.36. The molecular weight excluding hydrogens is 274 g/mol. The van der Waals surface area contributed by atoms with Crippen molar-refractivity contribution in [3.05, 3.63) is 59.8 Å². The number of hydrogen-bond acceptors (Lipinski definition) is 3. The first-order chi connectivity index (χ1) is 10.6. The van der Waals surface area contributed by atoms with Crippen molar-refractivity contribution >= 4 is 11.7 Å². The summed E-state index contributed by atoms with van der Waals surface area (Å²) in [6.45, 7) is 2.79. The predicted octanol–water partition coefficient (Wildman–Crippen LogP) is 2.76. The lowest BCUT2D eigenvalue weighted by Crippen LogP contribution is -2.30. The fraction of sp³-hybridized carbons (Fsp3) is 0.333. The average molecular weight is 297 g/mol. The smallest absolute Gasteiger partial charge is 0.255 e. The van der Waals surface area contributed by atoms with Gasteiger partial charge >= 0.3 is 0 Å². The van der Waals surface area contributed by atoms with Crippen molar-refractivity contribution in [2.24, 2.45) is 5.92 Å². The number of carbonyl (C=O) groups excluding carboxylic acids is 1. The molecule has 22 heavy (non-hydrogen) atoms. The molecule has 1 unspecified atom stereocenters. The molecule has 0 radical (unpaired) electrons. The highest BCUT2D eigenvalue weighted by molar-refractivity contribution is 5.98. The van der Waals surface area contributed by atoms with Gasteiger partial charge in [0.25, 0.3) is 5.91 Å². The molecule has 0 saturated carbocycles. The van der Waals surface area contributed by atoms with E-state index in [1.807, 2.05) is 37.2 Å². The maximum atomic E-state index is 12.3. The molecule has 1 atom stereocenters. The van der Waals surface area contributed by atoms with E-state index in [0.29, 0.717) is 23.8 Å². The molecule has 1 aromatic heterocycles. The van der Waals surface area contributed by atoms with Gasteiger partial charge in [0.15, 0.2) is 0 Å². The zero-order valence-corrected chi connectivity index (χ0v) is 13.4. The maximum absolute atomic E-state index is 12.3. The van der Waals surface area contributed by atoms with Crippen molar-refractivity contribution in [3.8, 4) is 0 Å². The lowest BCUT2D eigenvalue weighted by atomic mass is 10.0. The quantitative estimate of drug-likeness (QED) is 0.891. The maximum Gasteiger partial charge on any atom is 0.255 e. The van der Waals surface area contributed by atoms with Gasteiger partial charge in [-0.1, -0.05) is 37.3 Å². The number of aromatic nitrogens is 1. The number of nitrogens with zero attached hydrogens (tertiary/aromatic N) is 2. The summed E-state index contributed by atoms with van der Waals surface area (Å²) in [5, 5.41) is 3.01. The number of nitrogens with one attached hydrogen (secondary N) is 1. The molecule has 1 heterocycles. The molecule has 0 bridgehead atoms. The number of benzene rings is 1. The van der Waals surface area contributed by atoms with Crippen LogP contribution in [0.25, 0.3) is 0 Å². The standard InChI is InChI=1S/C18H23N3O/c1-14(12-15-8-5-4-6-9-15)13-20-18(22)16-10-7-11-19-17(16)21(2)3/h4-11,14H,12-13H2,1-3H3,(H,20,22). The highest BCUT2D eigenvalue weighted by Gasteiger charge is 2.14. The molecule has 0 aliphatic heterocycles. The number of rotatable bonds is 6. The van der Waals surface area contributed by atoms with Crippen LogP contribution in [0.1, 0.15) is 22.8 Å². The van der Waals surface area contributed by atoms with Crippen molar-refractivity contribution in [1.29, 1.82) is 0 Å². The van der Waals surface area contributed by atoms with Crippen LogP contribution < -0.4 is 10.2 Å². The monoisotopic (exact) mass is 297 g/mol. The van der Waals surface area contributed by atoms with Crippen LogP contribution in [0.2, 0.25) is 0 Å². The van der Waals surface area contributed by atoms with Crippen LogP contribution in [0.4, 0.5) is 5.82 Å². The molecule has 0 fully saturated rings. The third kappa shape index (κ3) is 4.32. The van der Waals surface area contributed by atoms with Gasteiger partial charge in [-0.2, -0.15) is 0 Å². The Bertz CT molecular complexity index is 611. The minimum atomic E-state index is -0.0725. The first kappa shape index (κ1) is 16.0. The number of amides is 1. The number of anilines is 1. The molecule has 0 spiro atoms. The Balaban J connectivity index is 1.93. The largest absolute Gasteiger partial charge is 0.362 e. The van der Waals surface area contributed by atoms with Crippen molar-refractivity contribution < 1.29 is 4.79 Å². The Labute approximate surface area is 132 Å². The van der Waals surface area contributed by atoms with Gasteiger partial charge in [0.05, 0.1) is 5.56 Å². The van der Waals surface area contributed by atoms with Crippen LogP contribution in [-0.2, 0) is 6.42 Å². The second kappa shape index (κ2) is 7.59. The molecule has 0 saturated heterocycles. The second-order valence-corrected chi connectivity index (χ2v) is 5.77. The molecule has 1 amide bonds. The lowest BCUT2D eigenvalue weighted by Gasteiger charge is -2.17. The Morgan fingerprint density at radius 2 is 1.91 bits per heavy atom. The highest BCUT2D eigenvalue weighted by Crippen LogP contribution is 2.14. The lowest BCUT2D eigenvalue weighted by molar-refractivity contribution is 0.0948. The first-order valence-corrected chi connectivity index (χ1v) is 7.52. The molecule has 0 aliphatic rings. The van der Waals surface area contributed by atoms with Crippen molar-refractivity contribution in [1.82, 2.24) is 10.3 Å². The van der Waals surface area contributed by atoms with Crippen LogP contribution in [0, 0.1) is 5.92 Å². The molecule has 4 nitrogen and oxygen atoms in total. The molecular formula is C18H23N3O. The predicted molar refractivity (Wildman–Crippen MR) is 90.2 cm³/mol. The zero-order chi connectivity index (χ0) is 15.9. The Kier molecular flexibility index (Phi) is 5.53. The topological polar surface area (TPSA) is 45.2 Å². The molecule has 0 aliphatic carbocycles. The number of pyridine rings is 1. The van der Waals surface area contributed by atoms with Gasteiger partial charge in [-0.25, -0.2) is 4.98 Å². The number of hydrogen-bond donors (Lipinski definition) is 1. The van der Waals surface area contributed by atoms with E-state index in [9.17, 15) is 4.79 Å². The normalized spacial score (nSPS) is 11.8. The van der Waals surface area contributed by atoms with Crippen LogP contribution in [0.3, 0.4) is 0 Å². The van der Waals surface area contributed by atoms with E-state index in [1.165, 1.54) is 5.56 Å². The van der Waals surface area contributed by atoms with Gasteiger partial charge < -0.3 is 10.2 Å². The summed E-state index contributed by atoms with van der Waals surface area (Å²) in [6.07, 6.45) is 2.65. The third-order valence-corrected chi connectivity index (χ3v) is 3.49. The van der Waals surface area contributed by atoms with Crippen LogP contribution in [0.5, 0.6) is 0 Å². The van der Waals surface area contributed by atoms with Crippen LogP contribution in [-0.4, -0.2) is 31.5 Å². The fourth-order valence-electron chi connectivity index (χ4n) is 2.38. The van der Waals surface area contributed by atoms with Gasteiger partial charge in [0.2, 0.25) is 0 Å². The Morgan fingerprint density at radius 3 is 2.59 bits per heavy atom. The minimum absolute atomic E-state index is 0.0725. The van der Waals surface area contributed by atoms with Gasteiger partial charge in [-0.15, -0.1) is 0 Å². The summed E-state index contributed by atoms with van der Waals surface area (Å²) in [4.78, 5) is 18.5. The molecule has 1 aromatic carbocycles. The molecule has 2 aromatic rings. The van der Waals surface area contributed by atoms with E-state index >= 15 is 0 Å². The van der Waals surface area contributed by atoms with E-state index in [4.69, 9.17) is 0 Å². The van der Waals surface area contributed by atoms with E-state index in [0.717, 1.165) is 6.42 Å². The molecule has 4 heteroatoms. The van der Waals surface area contributed by atoms with Crippen molar-refractivity contribution in [3.63, 3.8) is 0 Å². The summed E-state index contributed by atoms with van der Waals surface area (Å²) in [5.41, 5.74) is 1.90. The SMILES string of the molecule is CC(CNC(=O)c1cccnc1N(C)C)Cc1ccccc1. The highest BCUT2D eigenvalue weighted by atomic mass is 16.1. The average Bonchev–Trinajstić information content (AvgIpc) is 2.53. The van der Waals surface area contributed by atoms with Crippen LogP contribution >= 0.6 is 0 Å².